The third kappa shape index (κ3) is 5.88. The Labute approximate surface area is 160 Å². The molecule has 0 saturated carbocycles. The van der Waals surface area contributed by atoms with E-state index in [0.717, 1.165) is 17.7 Å². The summed E-state index contributed by atoms with van der Waals surface area (Å²) in [5.41, 5.74) is 0. The van der Waals surface area contributed by atoms with Gasteiger partial charge in [-0.15, -0.1) is 23.7 Å². The standard InChI is InChI=1S/C14H25N3O4S3.ClH/c1-3-23(18,19)16-9-8-13-6-7-14(22-13)24(20,21)17-10-4-5-12(17)11-15-2;/h6-7,12,15-16H,3-5,8-11H2,1-2H3;1H. The highest BCUT2D eigenvalue weighted by Crippen LogP contribution is 2.30. The van der Waals surface area contributed by atoms with E-state index in [1.165, 1.54) is 11.3 Å². The van der Waals surface area contributed by atoms with Crippen LogP contribution in [0.1, 0.15) is 24.6 Å². The van der Waals surface area contributed by atoms with Crippen LogP contribution in [-0.2, 0) is 26.5 Å². The van der Waals surface area contributed by atoms with E-state index < -0.39 is 20.0 Å². The first kappa shape index (κ1) is 22.8. The van der Waals surface area contributed by atoms with E-state index in [4.69, 9.17) is 0 Å². The second-order valence-corrected chi connectivity index (χ2v) is 11.1. The Balaban J connectivity index is 0.00000312. The summed E-state index contributed by atoms with van der Waals surface area (Å²) < 4.78 is 52.8. The first-order valence-electron chi connectivity index (χ1n) is 8.02. The second kappa shape index (κ2) is 9.63. The number of thiophene rings is 1. The quantitative estimate of drug-likeness (QED) is 0.608. The molecule has 2 heterocycles. The van der Waals surface area contributed by atoms with Crippen molar-refractivity contribution >= 4 is 43.8 Å². The molecule has 0 aromatic carbocycles. The Kier molecular flexibility index (Phi) is 8.79. The minimum atomic E-state index is -3.47. The molecule has 1 aromatic heterocycles. The van der Waals surface area contributed by atoms with Crippen molar-refractivity contribution in [2.45, 2.75) is 36.4 Å². The molecule has 1 unspecified atom stereocenters. The molecule has 11 heteroatoms. The molecule has 2 N–H and O–H groups in total. The Morgan fingerprint density at radius 1 is 1.28 bits per heavy atom. The molecule has 0 radical (unpaired) electrons. The normalized spacial score (nSPS) is 19.0. The van der Waals surface area contributed by atoms with Crippen LogP contribution >= 0.6 is 23.7 Å². The monoisotopic (exact) mass is 431 g/mol. The summed E-state index contributed by atoms with van der Waals surface area (Å²) in [5, 5.41) is 3.05. The van der Waals surface area contributed by atoms with Gasteiger partial charge < -0.3 is 5.32 Å². The maximum atomic E-state index is 12.8. The van der Waals surface area contributed by atoms with Crippen molar-refractivity contribution in [2.24, 2.45) is 0 Å². The maximum absolute atomic E-state index is 12.8. The summed E-state index contributed by atoms with van der Waals surface area (Å²) in [6.07, 6.45) is 2.24. The van der Waals surface area contributed by atoms with E-state index in [2.05, 4.69) is 10.0 Å². The lowest BCUT2D eigenvalue weighted by molar-refractivity contribution is 0.380. The van der Waals surface area contributed by atoms with Crippen molar-refractivity contribution in [2.75, 3.05) is 32.4 Å². The summed E-state index contributed by atoms with van der Waals surface area (Å²) in [7, 11) is -4.87. The molecule has 0 aliphatic carbocycles. The Bertz CT molecular complexity index is 749. The zero-order chi connectivity index (χ0) is 17.8. The average Bonchev–Trinajstić information content (AvgIpc) is 3.17. The first-order chi connectivity index (χ1) is 11.3. The fraction of sp³-hybridized carbons (Fsp3) is 0.714. The molecular weight excluding hydrogens is 406 g/mol. The largest absolute Gasteiger partial charge is 0.318 e. The molecule has 1 aromatic rings. The van der Waals surface area contributed by atoms with Gasteiger partial charge in [0, 0.05) is 30.6 Å². The molecule has 1 atom stereocenters. The summed E-state index contributed by atoms with van der Waals surface area (Å²) >= 11 is 1.22. The summed E-state index contributed by atoms with van der Waals surface area (Å²) in [5.74, 6) is 0.0406. The third-order valence-electron chi connectivity index (χ3n) is 4.04. The van der Waals surface area contributed by atoms with Crippen LogP contribution in [0.25, 0.3) is 0 Å². The van der Waals surface area contributed by atoms with Crippen LogP contribution < -0.4 is 10.0 Å². The van der Waals surface area contributed by atoms with Gasteiger partial charge >= 0.3 is 0 Å². The van der Waals surface area contributed by atoms with Crippen molar-refractivity contribution in [1.82, 2.24) is 14.3 Å². The lowest BCUT2D eigenvalue weighted by Crippen LogP contribution is -2.40. The van der Waals surface area contributed by atoms with Gasteiger partial charge in [-0.1, -0.05) is 0 Å². The number of rotatable bonds is 9. The minimum absolute atomic E-state index is 0. The molecule has 0 bridgehead atoms. The van der Waals surface area contributed by atoms with Crippen molar-refractivity contribution in [3.63, 3.8) is 0 Å². The SMILES string of the molecule is CCS(=O)(=O)NCCc1ccc(S(=O)(=O)N2CCCC2CNC)s1.Cl. The van der Waals surface area contributed by atoms with Crippen molar-refractivity contribution in [1.29, 1.82) is 0 Å². The lowest BCUT2D eigenvalue weighted by atomic mass is 10.2. The number of sulfonamides is 2. The van der Waals surface area contributed by atoms with Gasteiger partial charge in [-0.05, 0) is 45.4 Å². The third-order valence-corrected chi connectivity index (χ3v) is 9.00. The number of hydrogen-bond acceptors (Lipinski definition) is 6. The van der Waals surface area contributed by atoms with Gasteiger partial charge in [0.15, 0.2) is 0 Å². The van der Waals surface area contributed by atoms with E-state index in [0.29, 0.717) is 23.7 Å². The first-order valence-corrected chi connectivity index (χ1v) is 11.9. The zero-order valence-corrected chi connectivity index (χ0v) is 17.7. The highest BCUT2D eigenvalue weighted by molar-refractivity contribution is 7.91. The highest BCUT2D eigenvalue weighted by atomic mass is 35.5. The van der Waals surface area contributed by atoms with Gasteiger partial charge in [0.05, 0.1) is 5.75 Å². The van der Waals surface area contributed by atoms with Crippen LogP contribution in [0.5, 0.6) is 0 Å². The lowest BCUT2D eigenvalue weighted by Gasteiger charge is -2.23. The van der Waals surface area contributed by atoms with Crippen molar-refractivity contribution in [3.8, 4) is 0 Å². The molecule has 2 rings (SSSR count). The minimum Gasteiger partial charge on any atom is -0.318 e. The van der Waals surface area contributed by atoms with E-state index in [9.17, 15) is 16.8 Å². The number of nitrogens with one attached hydrogen (secondary N) is 2. The van der Waals surface area contributed by atoms with Crippen LogP contribution in [0.2, 0.25) is 0 Å². The van der Waals surface area contributed by atoms with Gasteiger partial charge in [0.25, 0.3) is 10.0 Å². The molecule has 7 nitrogen and oxygen atoms in total. The molecule has 1 aliphatic heterocycles. The second-order valence-electron chi connectivity index (χ2n) is 5.74. The predicted molar refractivity (Wildman–Crippen MR) is 104 cm³/mol. The van der Waals surface area contributed by atoms with E-state index in [1.54, 1.807) is 23.4 Å². The van der Waals surface area contributed by atoms with E-state index in [1.807, 2.05) is 7.05 Å². The van der Waals surface area contributed by atoms with Crippen LogP contribution in [0.3, 0.4) is 0 Å². The zero-order valence-electron chi connectivity index (χ0n) is 14.4. The summed E-state index contributed by atoms with van der Waals surface area (Å²) in [4.78, 5) is 0.858. The number of likely N-dealkylation sites (N-methyl/N-ethyl adjacent to an activating group) is 1. The molecule has 1 fully saturated rings. The molecular formula is C14H26ClN3O4S3. The molecule has 25 heavy (non-hydrogen) atoms. The van der Waals surface area contributed by atoms with Gasteiger partial charge in [-0.2, -0.15) is 4.31 Å². The van der Waals surface area contributed by atoms with Gasteiger partial charge in [-0.25, -0.2) is 21.6 Å². The van der Waals surface area contributed by atoms with Crippen molar-refractivity contribution in [3.05, 3.63) is 17.0 Å². The summed E-state index contributed by atoms with van der Waals surface area (Å²) in [6.45, 7) is 3.06. The number of nitrogens with zero attached hydrogens (tertiary/aromatic N) is 1. The predicted octanol–water partition coefficient (Wildman–Crippen LogP) is 1.02. The van der Waals surface area contributed by atoms with Gasteiger partial charge in [0.2, 0.25) is 10.0 Å². The summed E-state index contributed by atoms with van der Waals surface area (Å²) in [6, 6.07) is 3.39. The maximum Gasteiger partial charge on any atom is 0.252 e. The molecule has 146 valence electrons. The topological polar surface area (TPSA) is 95.6 Å². The van der Waals surface area contributed by atoms with E-state index >= 15 is 0 Å². The Hall–Kier alpha value is -0.230. The fourth-order valence-electron chi connectivity index (χ4n) is 2.74. The fourth-order valence-corrected chi connectivity index (χ4v) is 6.54. The van der Waals surface area contributed by atoms with Crippen LogP contribution in [0, 0.1) is 0 Å². The molecule has 1 aliphatic rings. The Morgan fingerprint density at radius 3 is 2.64 bits per heavy atom. The van der Waals surface area contributed by atoms with Crippen molar-refractivity contribution < 1.29 is 16.8 Å². The smallest absolute Gasteiger partial charge is 0.252 e. The van der Waals surface area contributed by atoms with Gasteiger partial charge in [0.1, 0.15) is 4.21 Å². The van der Waals surface area contributed by atoms with Crippen LogP contribution in [-0.4, -0.2) is 59.6 Å². The molecule has 0 amide bonds. The Morgan fingerprint density at radius 2 is 2.00 bits per heavy atom. The van der Waals surface area contributed by atoms with Gasteiger partial charge in [-0.3, -0.25) is 0 Å². The average molecular weight is 432 g/mol. The van der Waals surface area contributed by atoms with Crippen LogP contribution in [0.4, 0.5) is 0 Å². The molecule has 0 spiro atoms. The number of halogens is 1. The van der Waals surface area contributed by atoms with E-state index in [-0.39, 0.29) is 30.7 Å². The highest BCUT2D eigenvalue weighted by Gasteiger charge is 2.35. The number of hydrogen-bond donors (Lipinski definition) is 2. The molecule has 1 saturated heterocycles. The van der Waals surface area contributed by atoms with Crippen LogP contribution in [0.15, 0.2) is 16.3 Å².